The predicted molar refractivity (Wildman–Crippen MR) is 116 cm³/mol. The summed E-state index contributed by atoms with van der Waals surface area (Å²) in [7, 11) is 1.57. The molecule has 0 aliphatic heterocycles. The molecule has 7 heteroatoms. The second kappa shape index (κ2) is 15.0. The van der Waals surface area contributed by atoms with Gasteiger partial charge in [0.25, 0.3) is 0 Å². The van der Waals surface area contributed by atoms with Gasteiger partial charge in [-0.2, -0.15) is 0 Å². The van der Waals surface area contributed by atoms with Crippen LogP contribution in [0.15, 0.2) is 36.4 Å². The molecule has 1 unspecified atom stereocenters. The summed E-state index contributed by atoms with van der Waals surface area (Å²) >= 11 is 0. The third-order valence-electron chi connectivity index (χ3n) is 4.54. The summed E-state index contributed by atoms with van der Waals surface area (Å²) in [4.78, 5) is 35.6. The first-order valence-electron chi connectivity index (χ1n) is 10.7. The minimum absolute atomic E-state index is 0.00483. The van der Waals surface area contributed by atoms with E-state index >= 15 is 0 Å². The highest BCUT2D eigenvalue weighted by molar-refractivity contribution is 5.93. The second-order valence-corrected chi connectivity index (χ2v) is 7.32. The minimum Gasteiger partial charge on any atom is -0.497 e. The Balaban J connectivity index is 2.20. The molecule has 0 spiro atoms. The van der Waals surface area contributed by atoms with Crippen molar-refractivity contribution in [2.75, 3.05) is 13.7 Å². The van der Waals surface area contributed by atoms with Crippen LogP contribution in [-0.2, 0) is 35.2 Å². The number of methoxy groups -OCH3 is 1. The van der Waals surface area contributed by atoms with Gasteiger partial charge in [-0.15, -0.1) is 0 Å². The molecule has 0 N–H and O–H groups in total. The van der Waals surface area contributed by atoms with Gasteiger partial charge in [-0.1, -0.05) is 44.9 Å². The van der Waals surface area contributed by atoms with Gasteiger partial charge in [0.15, 0.2) is 0 Å². The number of rotatable bonds is 15. The van der Waals surface area contributed by atoms with E-state index in [1.807, 2.05) is 6.92 Å². The third-order valence-corrected chi connectivity index (χ3v) is 4.54. The molecule has 7 nitrogen and oxygen atoms in total. The Bertz CT molecular complexity index is 709. The number of carbonyl (C=O) groups is 3. The molecule has 0 saturated carbocycles. The monoisotopic (exact) mass is 434 g/mol. The lowest BCUT2D eigenvalue weighted by atomic mass is 10.1. The number of benzene rings is 1. The molecule has 0 fully saturated rings. The van der Waals surface area contributed by atoms with Gasteiger partial charge in [0.2, 0.25) is 0 Å². The first-order chi connectivity index (χ1) is 14.8. The molecule has 0 bridgehead atoms. The van der Waals surface area contributed by atoms with E-state index in [1.54, 1.807) is 31.4 Å². The minimum atomic E-state index is -0.726. The van der Waals surface area contributed by atoms with Crippen LogP contribution in [0.4, 0.5) is 0 Å². The first kappa shape index (κ1) is 26.2. The second-order valence-electron chi connectivity index (χ2n) is 7.32. The molecule has 0 heterocycles. The summed E-state index contributed by atoms with van der Waals surface area (Å²) in [5.41, 5.74) is 0.812. The van der Waals surface area contributed by atoms with Crippen LogP contribution in [0.1, 0.15) is 64.4 Å². The van der Waals surface area contributed by atoms with Crippen molar-refractivity contribution in [1.29, 1.82) is 0 Å². The van der Waals surface area contributed by atoms with E-state index in [0.717, 1.165) is 31.2 Å². The average Bonchev–Trinajstić information content (AvgIpc) is 2.75. The molecule has 0 aliphatic carbocycles. The molecule has 0 aromatic heterocycles. The van der Waals surface area contributed by atoms with Crippen molar-refractivity contribution in [3.63, 3.8) is 0 Å². The smallest absolute Gasteiger partial charge is 0.334 e. The highest BCUT2D eigenvalue weighted by atomic mass is 16.6. The Kier molecular flexibility index (Phi) is 12.7. The normalized spacial score (nSPS) is 11.3. The number of hydrogen-bond acceptors (Lipinski definition) is 7. The van der Waals surface area contributed by atoms with Gasteiger partial charge < -0.3 is 18.9 Å². The first-order valence-corrected chi connectivity index (χ1v) is 10.7. The number of esters is 3. The molecule has 0 aliphatic rings. The van der Waals surface area contributed by atoms with Gasteiger partial charge in [0.1, 0.15) is 19.0 Å². The Morgan fingerprint density at radius 2 is 1.71 bits per heavy atom. The summed E-state index contributed by atoms with van der Waals surface area (Å²) in [6.07, 6.45) is 4.69. The van der Waals surface area contributed by atoms with Crippen LogP contribution in [0, 0.1) is 0 Å². The molecule has 1 rings (SSSR count). The zero-order chi connectivity index (χ0) is 23.1. The standard InChI is InChI=1S/C24H34O7/c1-5-6-7-8-9-19(3)31-23(26)16-18(2)24(27)29-15-14-22(25)30-17-20-10-12-21(28-4)13-11-20/h10-13,19H,2,5-9,14-17H2,1,3-4H3. The third kappa shape index (κ3) is 11.8. The van der Waals surface area contributed by atoms with Crippen LogP contribution in [0.2, 0.25) is 0 Å². The SMILES string of the molecule is C=C(CC(=O)OC(C)CCCCCC)C(=O)OCCC(=O)OCc1ccc(OC)cc1. The van der Waals surface area contributed by atoms with Crippen LogP contribution >= 0.6 is 0 Å². The van der Waals surface area contributed by atoms with E-state index < -0.39 is 17.9 Å². The van der Waals surface area contributed by atoms with Crippen molar-refractivity contribution >= 4 is 17.9 Å². The fourth-order valence-electron chi connectivity index (χ4n) is 2.72. The molecule has 31 heavy (non-hydrogen) atoms. The fraction of sp³-hybridized carbons (Fsp3) is 0.542. The van der Waals surface area contributed by atoms with E-state index in [0.29, 0.717) is 5.75 Å². The Labute approximate surface area is 184 Å². The summed E-state index contributed by atoms with van der Waals surface area (Å²) in [5, 5.41) is 0. The van der Waals surface area contributed by atoms with Crippen LogP contribution in [-0.4, -0.2) is 37.7 Å². The lowest BCUT2D eigenvalue weighted by Gasteiger charge is -2.13. The van der Waals surface area contributed by atoms with Crippen LogP contribution in [0.5, 0.6) is 5.75 Å². The largest absolute Gasteiger partial charge is 0.497 e. The lowest BCUT2D eigenvalue weighted by molar-refractivity contribution is -0.152. The van der Waals surface area contributed by atoms with Gasteiger partial charge in [-0.25, -0.2) is 4.79 Å². The van der Waals surface area contributed by atoms with Crippen molar-refractivity contribution in [3.05, 3.63) is 42.0 Å². The zero-order valence-electron chi connectivity index (χ0n) is 18.8. The van der Waals surface area contributed by atoms with E-state index in [4.69, 9.17) is 18.9 Å². The Hall–Kier alpha value is -2.83. The van der Waals surface area contributed by atoms with Gasteiger partial charge in [-0.05, 0) is 37.5 Å². The van der Waals surface area contributed by atoms with Crippen LogP contribution in [0.25, 0.3) is 0 Å². The van der Waals surface area contributed by atoms with E-state index in [9.17, 15) is 14.4 Å². The summed E-state index contributed by atoms with van der Waals surface area (Å²) in [5.74, 6) is -1.02. The summed E-state index contributed by atoms with van der Waals surface area (Å²) in [6.45, 7) is 7.52. The topological polar surface area (TPSA) is 88.1 Å². The molecule has 1 atom stereocenters. The van der Waals surface area contributed by atoms with Gasteiger partial charge in [0, 0.05) is 5.57 Å². The van der Waals surface area contributed by atoms with Gasteiger partial charge in [0.05, 0.1) is 26.1 Å². The maximum absolute atomic E-state index is 11.9. The molecule has 0 radical (unpaired) electrons. The molecule has 1 aromatic rings. The quantitative estimate of drug-likeness (QED) is 0.174. The van der Waals surface area contributed by atoms with E-state index in [2.05, 4.69) is 13.5 Å². The Morgan fingerprint density at radius 1 is 1.00 bits per heavy atom. The van der Waals surface area contributed by atoms with E-state index in [1.165, 1.54) is 6.42 Å². The van der Waals surface area contributed by atoms with Gasteiger partial charge >= 0.3 is 17.9 Å². The fourth-order valence-corrected chi connectivity index (χ4v) is 2.72. The molecule has 0 amide bonds. The van der Waals surface area contributed by atoms with Gasteiger partial charge in [-0.3, -0.25) is 9.59 Å². The number of ether oxygens (including phenoxy) is 4. The number of unbranched alkanes of at least 4 members (excludes halogenated alkanes) is 3. The highest BCUT2D eigenvalue weighted by Crippen LogP contribution is 2.13. The molecule has 1 aromatic carbocycles. The zero-order valence-corrected chi connectivity index (χ0v) is 18.8. The lowest BCUT2D eigenvalue weighted by Crippen LogP contribution is -2.18. The average molecular weight is 435 g/mol. The maximum atomic E-state index is 11.9. The highest BCUT2D eigenvalue weighted by Gasteiger charge is 2.17. The molecule has 172 valence electrons. The summed E-state index contributed by atoms with van der Waals surface area (Å²) in [6, 6.07) is 7.13. The molecular formula is C24H34O7. The van der Waals surface area contributed by atoms with Crippen molar-refractivity contribution in [3.8, 4) is 5.75 Å². The van der Waals surface area contributed by atoms with Crippen molar-refractivity contribution in [1.82, 2.24) is 0 Å². The van der Waals surface area contributed by atoms with Crippen LogP contribution in [0.3, 0.4) is 0 Å². The maximum Gasteiger partial charge on any atom is 0.334 e. The van der Waals surface area contributed by atoms with E-state index in [-0.39, 0.29) is 37.7 Å². The van der Waals surface area contributed by atoms with Crippen molar-refractivity contribution in [2.24, 2.45) is 0 Å². The van der Waals surface area contributed by atoms with Crippen LogP contribution < -0.4 is 4.74 Å². The Morgan fingerprint density at radius 3 is 2.35 bits per heavy atom. The van der Waals surface area contributed by atoms with Crippen molar-refractivity contribution < 1.29 is 33.3 Å². The van der Waals surface area contributed by atoms with Crippen molar-refractivity contribution in [2.45, 2.75) is 71.5 Å². The predicted octanol–water partition coefficient (Wildman–Crippen LogP) is 4.52. The number of hydrogen-bond donors (Lipinski definition) is 0. The number of carbonyl (C=O) groups excluding carboxylic acids is 3. The summed E-state index contributed by atoms with van der Waals surface area (Å²) < 4.78 is 20.5. The molecule has 0 saturated heterocycles. The molecular weight excluding hydrogens is 400 g/mol.